The number of carbonyl (C=O) groups is 1. The summed E-state index contributed by atoms with van der Waals surface area (Å²) in [4.78, 5) is 15.0. The number of aryl methyl sites for hydroxylation is 1. The number of Topliss-reactive ketones (excluding diaryl/α,β-unsaturated/α-hetero) is 1. The molecule has 0 amide bonds. The summed E-state index contributed by atoms with van der Waals surface area (Å²) in [7, 11) is 0. The third-order valence-electron chi connectivity index (χ3n) is 5.77. The molecule has 1 aliphatic heterocycles. The third kappa shape index (κ3) is 5.32. The Labute approximate surface area is 153 Å². The lowest BCUT2D eigenvalue weighted by Gasteiger charge is -2.24. The van der Waals surface area contributed by atoms with Crippen molar-refractivity contribution in [2.45, 2.75) is 58.3 Å². The van der Waals surface area contributed by atoms with Gasteiger partial charge in [0.25, 0.3) is 0 Å². The molecule has 1 aliphatic carbocycles. The average Bonchev–Trinajstić information content (AvgIpc) is 2.91. The zero-order valence-electron chi connectivity index (χ0n) is 15.0. The standard InChI is InChI=1S/C21H31NO.ClH/c1-2-3-4-17-7-9-20(10-8-17)21(23)12-14-22-13-11-18-5-6-19(15-18)16-22;/h7-10,18-19H,2-6,11-16H2,1H3;1H. The van der Waals surface area contributed by atoms with E-state index in [9.17, 15) is 4.79 Å². The van der Waals surface area contributed by atoms with Crippen LogP contribution in [-0.2, 0) is 6.42 Å². The quantitative estimate of drug-likeness (QED) is 0.635. The van der Waals surface area contributed by atoms with Crippen molar-refractivity contribution in [3.05, 3.63) is 35.4 Å². The second-order valence-corrected chi connectivity index (χ2v) is 7.61. The topological polar surface area (TPSA) is 20.3 Å². The van der Waals surface area contributed by atoms with E-state index in [0.29, 0.717) is 12.2 Å². The van der Waals surface area contributed by atoms with Crippen molar-refractivity contribution in [1.82, 2.24) is 4.90 Å². The number of hydrogen-bond donors (Lipinski definition) is 0. The summed E-state index contributed by atoms with van der Waals surface area (Å²) in [6.45, 7) is 5.58. The molecule has 0 N–H and O–H groups in total. The molecule has 0 radical (unpaired) electrons. The van der Waals surface area contributed by atoms with Gasteiger partial charge in [0.1, 0.15) is 0 Å². The number of benzene rings is 1. The number of halogens is 1. The van der Waals surface area contributed by atoms with Gasteiger partial charge in [-0.2, -0.15) is 0 Å². The highest BCUT2D eigenvalue weighted by Crippen LogP contribution is 2.36. The lowest BCUT2D eigenvalue weighted by atomic mass is 10.0. The van der Waals surface area contributed by atoms with Gasteiger partial charge in [-0.1, -0.05) is 44.0 Å². The molecule has 3 rings (SSSR count). The molecule has 1 saturated heterocycles. The minimum absolute atomic E-state index is 0. The van der Waals surface area contributed by atoms with Gasteiger partial charge < -0.3 is 4.90 Å². The molecule has 2 atom stereocenters. The molecule has 1 heterocycles. The number of ketones is 1. The highest BCUT2D eigenvalue weighted by molar-refractivity contribution is 5.96. The monoisotopic (exact) mass is 349 g/mol. The first kappa shape index (κ1) is 19.5. The minimum Gasteiger partial charge on any atom is -0.303 e. The van der Waals surface area contributed by atoms with Crippen LogP contribution >= 0.6 is 12.4 Å². The molecule has 0 spiro atoms. The van der Waals surface area contributed by atoms with Gasteiger partial charge in [0.15, 0.2) is 5.78 Å². The van der Waals surface area contributed by atoms with E-state index >= 15 is 0 Å². The smallest absolute Gasteiger partial charge is 0.164 e. The Morgan fingerprint density at radius 3 is 2.62 bits per heavy atom. The summed E-state index contributed by atoms with van der Waals surface area (Å²) >= 11 is 0. The van der Waals surface area contributed by atoms with Crippen molar-refractivity contribution in [3.63, 3.8) is 0 Å². The van der Waals surface area contributed by atoms with E-state index in [4.69, 9.17) is 0 Å². The third-order valence-corrected chi connectivity index (χ3v) is 5.77. The Balaban J connectivity index is 0.00000208. The van der Waals surface area contributed by atoms with E-state index < -0.39 is 0 Å². The lowest BCUT2D eigenvalue weighted by molar-refractivity contribution is 0.0960. The maximum Gasteiger partial charge on any atom is 0.164 e. The first-order chi connectivity index (χ1) is 11.2. The number of nitrogens with zero attached hydrogens (tertiary/aromatic N) is 1. The number of hydrogen-bond acceptors (Lipinski definition) is 2. The van der Waals surface area contributed by atoms with Crippen molar-refractivity contribution < 1.29 is 4.79 Å². The molecule has 1 aromatic carbocycles. The zero-order chi connectivity index (χ0) is 16.1. The van der Waals surface area contributed by atoms with Gasteiger partial charge in [0, 0.05) is 25.1 Å². The number of unbranched alkanes of at least 4 members (excludes halogenated alkanes) is 1. The number of fused-ring (bicyclic) bond motifs is 2. The van der Waals surface area contributed by atoms with E-state index in [1.54, 1.807) is 0 Å². The van der Waals surface area contributed by atoms with Crippen LogP contribution in [0.1, 0.15) is 67.8 Å². The van der Waals surface area contributed by atoms with Crippen LogP contribution in [0, 0.1) is 11.8 Å². The van der Waals surface area contributed by atoms with E-state index in [1.807, 2.05) is 12.1 Å². The van der Waals surface area contributed by atoms with Gasteiger partial charge in [-0.25, -0.2) is 0 Å². The average molecular weight is 350 g/mol. The van der Waals surface area contributed by atoms with Crippen LogP contribution in [-0.4, -0.2) is 30.3 Å². The molecular formula is C21H32ClNO. The van der Waals surface area contributed by atoms with Crippen LogP contribution in [0.15, 0.2) is 24.3 Å². The molecule has 2 bridgehead atoms. The van der Waals surface area contributed by atoms with Gasteiger partial charge in [-0.15, -0.1) is 12.4 Å². The van der Waals surface area contributed by atoms with E-state index in [1.165, 1.54) is 57.2 Å². The van der Waals surface area contributed by atoms with Crippen LogP contribution in [0.2, 0.25) is 0 Å². The summed E-state index contributed by atoms with van der Waals surface area (Å²) in [5.41, 5.74) is 2.24. The molecule has 2 fully saturated rings. The Hall–Kier alpha value is -0.860. The van der Waals surface area contributed by atoms with Gasteiger partial charge in [0.05, 0.1) is 0 Å². The molecule has 3 heteroatoms. The molecule has 24 heavy (non-hydrogen) atoms. The van der Waals surface area contributed by atoms with Gasteiger partial charge in [-0.05, 0) is 56.0 Å². The Kier molecular flexibility index (Phi) is 7.77. The fourth-order valence-corrected chi connectivity index (χ4v) is 4.27. The highest BCUT2D eigenvalue weighted by atomic mass is 35.5. The summed E-state index contributed by atoms with van der Waals surface area (Å²) in [5, 5.41) is 0. The van der Waals surface area contributed by atoms with Crippen molar-refractivity contribution in [3.8, 4) is 0 Å². The Bertz CT molecular complexity index is 513. The van der Waals surface area contributed by atoms with Crippen LogP contribution < -0.4 is 0 Å². The predicted octanol–water partition coefficient (Wildman–Crippen LogP) is 5.15. The van der Waals surface area contributed by atoms with Crippen molar-refractivity contribution >= 4 is 18.2 Å². The Morgan fingerprint density at radius 1 is 1.12 bits per heavy atom. The van der Waals surface area contributed by atoms with Crippen LogP contribution in [0.3, 0.4) is 0 Å². The van der Waals surface area contributed by atoms with Crippen LogP contribution in [0.5, 0.6) is 0 Å². The fraction of sp³-hybridized carbons (Fsp3) is 0.667. The maximum atomic E-state index is 12.4. The molecule has 2 nitrogen and oxygen atoms in total. The summed E-state index contributed by atoms with van der Waals surface area (Å²) < 4.78 is 0. The number of likely N-dealkylation sites (tertiary alicyclic amines) is 1. The van der Waals surface area contributed by atoms with Crippen molar-refractivity contribution in [1.29, 1.82) is 0 Å². The normalized spacial score (nSPS) is 23.5. The summed E-state index contributed by atoms with van der Waals surface area (Å²) in [6, 6.07) is 8.32. The molecule has 1 aromatic rings. The SMILES string of the molecule is CCCCc1ccc(C(=O)CCN2CCC3CCC(C3)C2)cc1.Cl. The van der Waals surface area contributed by atoms with Crippen LogP contribution in [0.25, 0.3) is 0 Å². The largest absolute Gasteiger partial charge is 0.303 e. The van der Waals surface area contributed by atoms with Crippen molar-refractivity contribution in [2.24, 2.45) is 11.8 Å². The number of rotatable bonds is 7. The lowest BCUT2D eigenvalue weighted by Crippen LogP contribution is -2.31. The molecule has 134 valence electrons. The maximum absolute atomic E-state index is 12.4. The first-order valence-electron chi connectivity index (χ1n) is 9.59. The fourth-order valence-electron chi connectivity index (χ4n) is 4.27. The number of carbonyl (C=O) groups excluding carboxylic acids is 1. The Morgan fingerprint density at radius 2 is 1.88 bits per heavy atom. The second kappa shape index (κ2) is 9.58. The predicted molar refractivity (Wildman–Crippen MR) is 103 cm³/mol. The van der Waals surface area contributed by atoms with Gasteiger partial charge in [0.2, 0.25) is 0 Å². The van der Waals surface area contributed by atoms with Crippen molar-refractivity contribution in [2.75, 3.05) is 19.6 Å². The second-order valence-electron chi connectivity index (χ2n) is 7.61. The van der Waals surface area contributed by atoms with Crippen LogP contribution in [0.4, 0.5) is 0 Å². The van der Waals surface area contributed by atoms with Gasteiger partial charge in [-0.3, -0.25) is 4.79 Å². The van der Waals surface area contributed by atoms with Gasteiger partial charge >= 0.3 is 0 Å². The minimum atomic E-state index is 0. The zero-order valence-corrected chi connectivity index (χ0v) is 15.8. The van der Waals surface area contributed by atoms with E-state index in [0.717, 1.165) is 30.4 Å². The molecule has 2 unspecified atom stereocenters. The summed E-state index contributed by atoms with van der Waals surface area (Å²) in [5.74, 6) is 2.17. The highest BCUT2D eigenvalue weighted by Gasteiger charge is 2.29. The summed E-state index contributed by atoms with van der Waals surface area (Å²) in [6.07, 6.45) is 9.88. The molecule has 0 aromatic heterocycles. The molecule has 2 aliphatic rings. The first-order valence-corrected chi connectivity index (χ1v) is 9.59. The molecule has 1 saturated carbocycles. The molecular weight excluding hydrogens is 318 g/mol. The van der Waals surface area contributed by atoms with E-state index in [-0.39, 0.29) is 12.4 Å². The van der Waals surface area contributed by atoms with E-state index in [2.05, 4.69) is 24.0 Å².